The number of benzene rings is 2. The zero-order chi connectivity index (χ0) is 23.5. The minimum Gasteiger partial charge on any atom is -0.457 e. The molecule has 1 amide bonds. The second-order valence-corrected chi connectivity index (χ2v) is 7.24. The van der Waals surface area contributed by atoms with Gasteiger partial charge in [-0.3, -0.25) is 14.3 Å². The molecule has 4 rings (SSSR count). The SMILES string of the molecule is Cc1c(NC(=O)/C(C#N)=C/c2ccc(-c3ccccc3F)o2)c(=O)n(-c2ccccc2)n1C. The average Bonchev–Trinajstić information content (AvgIpc) is 3.37. The highest BCUT2D eigenvalue weighted by molar-refractivity contribution is 6.09. The van der Waals surface area contributed by atoms with E-state index in [0.29, 0.717) is 11.4 Å². The predicted molar refractivity (Wildman–Crippen MR) is 122 cm³/mol. The van der Waals surface area contributed by atoms with Gasteiger partial charge >= 0.3 is 0 Å². The van der Waals surface area contributed by atoms with E-state index in [1.54, 1.807) is 67.2 Å². The van der Waals surface area contributed by atoms with Crippen LogP contribution in [0.5, 0.6) is 0 Å². The molecule has 2 aromatic carbocycles. The number of aromatic nitrogens is 2. The van der Waals surface area contributed by atoms with Crippen molar-refractivity contribution in [1.29, 1.82) is 5.26 Å². The van der Waals surface area contributed by atoms with Crippen LogP contribution in [-0.4, -0.2) is 15.3 Å². The highest BCUT2D eigenvalue weighted by atomic mass is 19.1. The summed E-state index contributed by atoms with van der Waals surface area (Å²) >= 11 is 0. The van der Waals surface area contributed by atoms with Gasteiger partial charge in [-0.25, -0.2) is 9.07 Å². The molecule has 2 heterocycles. The van der Waals surface area contributed by atoms with Crippen LogP contribution in [0.4, 0.5) is 10.1 Å². The summed E-state index contributed by atoms with van der Waals surface area (Å²) in [5, 5.41) is 12.1. The molecule has 4 aromatic rings. The van der Waals surface area contributed by atoms with E-state index in [1.165, 1.54) is 22.9 Å². The highest BCUT2D eigenvalue weighted by Crippen LogP contribution is 2.26. The maximum Gasteiger partial charge on any atom is 0.295 e. The summed E-state index contributed by atoms with van der Waals surface area (Å²) in [6, 6.07) is 20.0. The normalized spacial score (nSPS) is 11.3. The van der Waals surface area contributed by atoms with Crippen LogP contribution >= 0.6 is 0 Å². The van der Waals surface area contributed by atoms with Crippen LogP contribution in [0.1, 0.15) is 11.5 Å². The van der Waals surface area contributed by atoms with Crippen LogP contribution in [0.2, 0.25) is 0 Å². The molecule has 0 spiro atoms. The summed E-state index contributed by atoms with van der Waals surface area (Å²) in [5.74, 6) is -0.740. The summed E-state index contributed by atoms with van der Waals surface area (Å²) in [6.45, 7) is 1.69. The standard InChI is InChI=1S/C25H19FN4O3/c1-16-23(25(32)30(29(16)2)18-8-4-3-5-9-18)28-24(31)17(15-27)14-19-12-13-22(33-19)20-10-6-7-11-21(20)26/h3-14H,1-2H3,(H,28,31)/b17-14+. The van der Waals surface area contributed by atoms with Gasteiger partial charge in [0.05, 0.1) is 16.9 Å². The van der Waals surface area contributed by atoms with Gasteiger partial charge in [0.15, 0.2) is 0 Å². The predicted octanol–water partition coefficient (Wildman–Crippen LogP) is 4.43. The minimum absolute atomic E-state index is 0.0685. The molecule has 0 radical (unpaired) electrons. The largest absolute Gasteiger partial charge is 0.457 e. The van der Waals surface area contributed by atoms with E-state index in [1.807, 2.05) is 12.1 Å². The molecule has 0 atom stereocenters. The number of carbonyl (C=O) groups excluding carboxylic acids is 1. The number of furan rings is 1. The lowest BCUT2D eigenvalue weighted by Gasteiger charge is -2.07. The molecular weight excluding hydrogens is 423 g/mol. The Morgan fingerprint density at radius 1 is 1.09 bits per heavy atom. The molecule has 0 aliphatic heterocycles. The number of carbonyl (C=O) groups is 1. The molecule has 0 saturated heterocycles. The molecule has 33 heavy (non-hydrogen) atoms. The number of nitriles is 1. The molecule has 0 saturated carbocycles. The number of nitrogens with one attached hydrogen (secondary N) is 1. The molecule has 0 fully saturated rings. The van der Waals surface area contributed by atoms with Crippen molar-refractivity contribution in [3.8, 4) is 23.1 Å². The number of para-hydroxylation sites is 1. The number of amides is 1. The van der Waals surface area contributed by atoms with E-state index in [0.717, 1.165) is 0 Å². The number of rotatable bonds is 5. The van der Waals surface area contributed by atoms with E-state index in [2.05, 4.69) is 5.32 Å². The van der Waals surface area contributed by atoms with Gasteiger partial charge in [-0.1, -0.05) is 30.3 Å². The molecule has 7 nitrogen and oxygen atoms in total. The number of hydrogen-bond donors (Lipinski definition) is 1. The molecule has 8 heteroatoms. The molecule has 0 aliphatic rings. The van der Waals surface area contributed by atoms with E-state index >= 15 is 0 Å². The van der Waals surface area contributed by atoms with Crippen molar-refractivity contribution >= 4 is 17.7 Å². The van der Waals surface area contributed by atoms with Gasteiger partial charge in [0.2, 0.25) is 0 Å². The van der Waals surface area contributed by atoms with Crippen molar-refractivity contribution in [2.45, 2.75) is 6.92 Å². The van der Waals surface area contributed by atoms with Crippen LogP contribution in [0.3, 0.4) is 0 Å². The van der Waals surface area contributed by atoms with Gasteiger partial charge in [0.25, 0.3) is 11.5 Å². The van der Waals surface area contributed by atoms with Crippen molar-refractivity contribution in [2.75, 3.05) is 5.32 Å². The Morgan fingerprint density at radius 2 is 1.79 bits per heavy atom. The van der Waals surface area contributed by atoms with E-state index < -0.39 is 17.3 Å². The van der Waals surface area contributed by atoms with E-state index in [-0.39, 0.29) is 28.3 Å². The molecule has 164 valence electrons. The molecule has 0 unspecified atom stereocenters. The minimum atomic E-state index is -0.757. The first-order chi connectivity index (χ1) is 15.9. The Labute approximate surface area is 188 Å². The smallest absolute Gasteiger partial charge is 0.295 e. The quantitative estimate of drug-likeness (QED) is 0.366. The van der Waals surface area contributed by atoms with Crippen molar-refractivity contribution < 1.29 is 13.6 Å². The monoisotopic (exact) mass is 442 g/mol. The number of hydrogen-bond acceptors (Lipinski definition) is 4. The molecule has 0 bridgehead atoms. The highest BCUT2D eigenvalue weighted by Gasteiger charge is 2.20. The molecule has 1 N–H and O–H groups in total. The maximum absolute atomic E-state index is 14.0. The third-order valence-electron chi connectivity index (χ3n) is 5.21. The van der Waals surface area contributed by atoms with E-state index in [9.17, 15) is 19.2 Å². The Morgan fingerprint density at radius 3 is 2.48 bits per heavy atom. The zero-order valence-corrected chi connectivity index (χ0v) is 17.9. The first kappa shape index (κ1) is 21.6. The summed E-state index contributed by atoms with van der Waals surface area (Å²) in [5.41, 5.74) is 0.806. The molecule has 0 aliphatic carbocycles. The van der Waals surface area contributed by atoms with Crippen LogP contribution in [0, 0.1) is 24.1 Å². The van der Waals surface area contributed by atoms with Crippen molar-refractivity contribution in [3.05, 3.63) is 99.9 Å². The van der Waals surface area contributed by atoms with Crippen molar-refractivity contribution in [1.82, 2.24) is 9.36 Å². The van der Waals surface area contributed by atoms with Gasteiger partial charge in [-0.05, 0) is 43.3 Å². The second kappa shape index (κ2) is 8.85. The Bertz CT molecular complexity index is 1470. The van der Waals surface area contributed by atoms with Crippen molar-refractivity contribution in [2.24, 2.45) is 7.05 Å². The number of nitrogens with zero attached hydrogens (tertiary/aromatic N) is 3. The van der Waals surface area contributed by atoms with Crippen LogP contribution in [0.15, 0.2) is 81.5 Å². The Hall–Kier alpha value is -4.64. The number of anilines is 1. The second-order valence-electron chi connectivity index (χ2n) is 7.24. The molecular formula is C25H19FN4O3. The Balaban J connectivity index is 1.63. The first-order valence-electron chi connectivity index (χ1n) is 10.0. The Kier molecular flexibility index (Phi) is 5.79. The summed E-state index contributed by atoms with van der Waals surface area (Å²) < 4.78 is 22.6. The zero-order valence-electron chi connectivity index (χ0n) is 17.9. The maximum atomic E-state index is 14.0. The van der Waals surface area contributed by atoms with Crippen LogP contribution in [-0.2, 0) is 11.8 Å². The summed E-state index contributed by atoms with van der Waals surface area (Å²) in [4.78, 5) is 25.8. The van der Waals surface area contributed by atoms with Gasteiger partial charge in [0.1, 0.15) is 34.7 Å². The third-order valence-corrected chi connectivity index (χ3v) is 5.21. The van der Waals surface area contributed by atoms with E-state index in [4.69, 9.17) is 4.42 Å². The topological polar surface area (TPSA) is 93.0 Å². The molecule has 2 aromatic heterocycles. The number of halogens is 1. The fraction of sp³-hybridized carbons (Fsp3) is 0.0800. The van der Waals surface area contributed by atoms with Crippen LogP contribution in [0.25, 0.3) is 23.1 Å². The van der Waals surface area contributed by atoms with Crippen molar-refractivity contribution in [3.63, 3.8) is 0 Å². The van der Waals surface area contributed by atoms with Gasteiger partial charge in [-0.15, -0.1) is 0 Å². The lowest BCUT2D eigenvalue weighted by atomic mass is 10.1. The third kappa shape index (κ3) is 4.12. The fourth-order valence-corrected chi connectivity index (χ4v) is 3.42. The summed E-state index contributed by atoms with van der Waals surface area (Å²) in [6.07, 6.45) is 1.24. The summed E-state index contributed by atoms with van der Waals surface area (Å²) in [7, 11) is 1.70. The van der Waals surface area contributed by atoms with Crippen LogP contribution < -0.4 is 10.9 Å². The van der Waals surface area contributed by atoms with Gasteiger partial charge < -0.3 is 9.73 Å². The fourth-order valence-electron chi connectivity index (χ4n) is 3.42. The lowest BCUT2D eigenvalue weighted by molar-refractivity contribution is -0.112. The van der Waals surface area contributed by atoms with Gasteiger partial charge in [-0.2, -0.15) is 5.26 Å². The van der Waals surface area contributed by atoms with Gasteiger partial charge in [0, 0.05) is 13.1 Å². The first-order valence-corrected chi connectivity index (χ1v) is 10.0. The lowest BCUT2D eigenvalue weighted by Crippen LogP contribution is -2.23. The average molecular weight is 442 g/mol.